The molecule has 2 N–H and O–H groups in total. The smallest absolute Gasteiger partial charge is 0.339 e. The van der Waals surface area contributed by atoms with Crippen LogP contribution in [0.25, 0.3) is 0 Å². The summed E-state index contributed by atoms with van der Waals surface area (Å²) in [7, 11) is 0. The maximum atomic E-state index is 11.4. The predicted molar refractivity (Wildman–Crippen MR) is 72.0 cm³/mol. The third-order valence-corrected chi connectivity index (χ3v) is 3.77. The topological polar surface area (TPSA) is 83.8 Å². The van der Waals surface area contributed by atoms with Crippen LogP contribution in [0.2, 0.25) is 0 Å². The van der Waals surface area contributed by atoms with E-state index in [2.05, 4.69) is 0 Å². The van der Waals surface area contributed by atoms with Gasteiger partial charge in [-0.25, -0.2) is 4.79 Å². The number of carboxylic acid groups (broad SMARTS) is 2. The van der Waals surface area contributed by atoms with E-state index in [1.54, 1.807) is 18.2 Å². The molecule has 1 unspecified atom stereocenters. The van der Waals surface area contributed by atoms with E-state index in [1.165, 1.54) is 6.07 Å². The summed E-state index contributed by atoms with van der Waals surface area (Å²) in [6, 6.07) is 6.34. The quantitative estimate of drug-likeness (QED) is 0.801. The van der Waals surface area contributed by atoms with Crippen LogP contribution < -0.4 is 4.74 Å². The van der Waals surface area contributed by atoms with Gasteiger partial charge in [0.1, 0.15) is 22.8 Å². The van der Waals surface area contributed by atoms with E-state index in [0.717, 1.165) is 6.42 Å². The van der Waals surface area contributed by atoms with E-state index in [-0.39, 0.29) is 11.3 Å². The highest BCUT2D eigenvalue weighted by Gasteiger charge is 2.57. The fraction of sp³-hybridized carbons (Fsp3) is 0.467. The van der Waals surface area contributed by atoms with Crippen molar-refractivity contribution < 1.29 is 24.5 Å². The molecule has 108 valence electrons. The van der Waals surface area contributed by atoms with Crippen molar-refractivity contribution in [3.8, 4) is 5.75 Å². The second-order valence-corrected chi connectivity index (χ2v) is 5.16. The van der Waals surface area contributed by atoms with Crippen LogP contribution in [0.3, 0.4) is 0 Å². The minimum absolute atomic E-state index is 0.0646. The highest BCUT2D eigenvalue weighted by Crippen LogP contribution is 2.51. The lowest BCUT2D eigenvalue weighted by Crippen LogP contribution is -2.35. The number of rotatable bonds is 7. The molecule has 1 aromatic rings. The van der Waals surface area contributed by atoms with Gasteiger partial charge in [-0.2, -0.15) is 0 Å². The van der Waals surface area contributed by atoms with E-state index >= 15 is 0 Å². The average Bonchev–Trinajstić information content (AvgIpc) is 3.20. The Balaban J connectivity index is 2.26. The summed E-state index contributed by atoms with van der Waals surface area (Å²) in [4.78, 5) is 22.6. The molecule has 1 aliphatic rings. The molecule has 5 nitrogen and oxygen atoms in total. The third kappa shape index (κ3) is 2.61. The van der Waals surface area contributed by atoms with E-state index in [1.807, 2.05) is 6.92 Å². The second kappa shape index (κ2) is 5.53. The number of ether oxygens (including phenoxy) is 1. The average molecular weight is 278 g/mol. The summed E-state index contributed by atoms with van der Waals surface area (Å²) in [5, 5.41) is 18.5. The maximum absolute atomic E-state index is 11.4. The lowest BCUT2D eigenvalue weighted by atomic mass is 9.95. The molecular formula is C15H18O5. The zero-order chi connectivity index (χ0) is 14.8. The summed E-state index contributed by atoms with van der Waals surface area (Å²) in [6.07, 6.45) is 2.07. The molecule has 1 aliphatic carbocycles. The first-order valence-electron chi connectivity index (χ1n) is 6.73. The lowest BCUT2D eigenvalue weighted by molar-refractivity contribution is -0.147. The molecule has 0 radical (unpaired) electrons. The van der Waals surface area contributed by atoms with Gasteiger partial charge in [0, 0.05) is 0 Å². The van der Waals surface area contributed by atoms with Crippen molar-refractivity contribution in [2.45, 2.75) is 38.7 Å². The van der Waals surface area contributed by atoms with E-state index < -0.39 is 23.5 Å². The molecule has 0 heterocycles. The van der Waals surface area contributed by atoms with Crippen LogP contribution in [0.15, 0.2) is 24.3 Å². The van der Waals surface area contributed by atoms with Gasteiger partial charge in [0.2, 0.25) is 0 Å². The number of hydrogen-bond acceptors (Lipinski definition) is 3. The van der Waals surface area contributed by atoms with Crippen molar-refractivity contribution in [3.05, 3.63) is 29.8 Å². The molecule has 1 saturated carbocycles. The molecule has 0 saturated heterocycles. The fourth-order valence-electron chi connectivity index (χ4n) is 2.42. The van der Waals surface area contributed by atoms with Gasteiger partial charge >= 0.3 is 11.9 Å². The molecule has 0 spiro atoms. The Morgan fingerprint density at radius 2 is 1.95 bits per heavy atom. The van der Waals surface area contributed by atoms with Gasteiger partial charge < -0.3 is 14.9 Å². The highest BCUT2D eigenvalue weighted by atomic mass is 16.5. The van der Waals surface area contributed by atoms with Crippen LogP contribution in [0.5, 0.6) is 5.75 Å². The fourth-order valence-corrected chi connectivity index (χ4v) is 2.42. The Morgan fingerprint density at radius 1 is 1.30 bits per heavy atom. The number of aromatic carboxylic acids is 1. The van der Waals surface area contributed by atoms with Gasteiger partial charge in [-0.15, -0.1) is 0 Å². The summed E-state index contributed by atoms with van der Waals surface area (Å²) in [6.45, 7) is 1.96. The van der Waals surface area contributed by atoms with Crippen LogP contribution in [-0.2, 0) is 4.79 Å². The first-order chi connectivity index (χ1) is 9.51. The van der Waals surface area contributed by atoms with Crippen molar-refractivity contribution in [3.63, 3.8) is 0 Å². The zero-order valence-corrected chi connectivity index (χ0v) is 11.3. The Hall–Kier alpha value is -2.04. The number of benzene rings is 1. The Labute approximate surface area is 117 Å². The van der Waals surface area contributed by atoms with Crippen molar-refractivity contribution in [2.75, 3.05) is 0 Å². The van der Waals surface area contributed by atoms with E-state index in [4.69, 9.17) is 9.84 Å². The van der Waals surface area contributed by atoms with Gasteiger partial charge in [-0.1, -0.05) is 25.5 Å². The molecule has 0 amide bonds. The summed E-state index contributed by atoms with van der Waals surface area (Å²) in [5.74, 6) is -1.69. The molecule has 0 bridgehead atoms. The molecule has 2 rings (SSSR count). The van der Waals surface area contributed by atoms with E-state index in [9.17, 15) is 14.7 Å². The number of carbonyl (C=O) groups is 2. The third-order valence-electron chi connectivity index (χ3n) is 3.77. The summed E-state index contributed by atoms with van der Waals surface area (Å²) < 4.78 is 5.77. The van der Waals surface area contributed by atoms with Crippen LogP contribution in [0.1, 0.15) is 43.0 Å². The summed E-state index contributed by atoms with van der Waals surface area (Å²) in [5.41, 5.74) is -0.781. The van der Waals surface area contributed by atoms with Crippen LogP contribution >= 0.6 is 0 Å². The number of carboxylic acids is 2. The van der Waals surface area contributed by atoms with Crippen LogP contribution in [0.4, 0.5) is 0 Å². The van der Waals surface area contributed by atoms with Crippen molar-refractivity contribution >= 4 is 11.9 Å². The van der Waals surface area contributed by atoms with Crippen molar-refractivity contribution in [1.82, 2.24) is 0 Å². The number of para-hydroxylation sites is 1. The maximum Gasteiger partial charge on any atom is 0.339 e. The van der Waals surface area contributed by atoms with Crippen molar-refractivity contribution in [2.24, 2.45) is 5.41 Å². The molecule has 5 heteroatoms. The van der Waals surface area contributed by atoms with Gasteiger partial charge in [0.15, 0.2) is 0 Å². The monoisotopic (exact) mass is 278 g/mol. The van der Waals surface area contributed by atoms with Gasteiger partial charge in [-0.3, -0.25) is 4.79 Å². The Kier molecular flexibility index (Phi) is 3.97. The van der Waals surface area contributed by atoms with E-state index in [0.29, 0.717) is 19.3 Å². The molecule has 20 heavy (non-hydrogen) atoms. The largest absolute Gasteiger partial charge is 0.488 e. The normalized spacial score (nSPS) is 17.2. The molecule has 0 aromatic heterocycles. The first kappa shape index (κ1) is 14.4. The predicted octanol–water partition coefficient (Wildman–Crippen LogP) is 2.80. The molecule has 0 aliphatic heterocycles. The van der Waals surface area contributed by atoms with Crippen LogP contribution in [0, 0.1) is 5.41 Å². The zero-order valence-electron chi connectivity index (χ0n) is 11.3. The molecule has 1 aromatic carbocycles. The van der Waals surface area contributed by atoms with Gasteiger partial charge in [-0.05, 0) is 31.4 Å². The number of hydrogen-bond donors (Lipinski definition) is 2. The summed E-state index contributed by atoms with van der Waals surface area (Å²) >= 11 is 0. The minimum atomic E-state index is -1.07. The lowest BCUT2D eigenvalue weighted by Gasteiger charge is -2.25. The Bertz CT molecular complexity index is 519. The molecule has 1 atom stereocenters. The molecular weight excluding hydrogens is 260 g/mol. The highest BCUT2D eigenvalue weighted by molar-refractivity contribution is 5.90. The Morgan fingerprint density at radius 3 is 2.45 bits per heavy atom. The van der Waals surface area contributed by atoms with Crippen LogP contribution in [-0.4, -0.2) is 28.3 Å². The first-order valence-corrected chi connectivity index (χ1v) is 6.73. The molecule has 1 fully saturated rings. The number of aliphatic carboxylic acids is 1. The van der Waals surface area contributed by atoms with Gasteiger partial charge in [0.25, 0.3) is 0 Å². The van der Waals surface area contributed by atoms with Gasteiger partial charge in [0.05, 0.1) is 0 Å². The van der Waals surface area contributed by atoms with Crippen molar-refractivity contribution in [1.29, 1.82) is 0 Å². The second-order valence-electron chi connectivity index (χ2n) is 5.16. The SMILES string of the molecule is CCCC(Oc1ccccc1C(=O)O)C1(C(=O)O)CC1. The minimum Gasteiger partial charge on any atom is -0.488 e. The standard InChI is InChI=1S/C15H18O5/c1-2-5-12(15(8-9-15)14(18)19)20-11-7-4-3-6-10(11)13(16)17/h3-4,6-7,12H,2,5,8-9H2,1H3,(H,16,17)(H,18,19).